The van der Waals surface area contributed by atoms with Gasteiger partial charge in [0.15, 0.2) is 5.79 Å². The molecule has 1 rings (SSSR count). The second kappa shape index (κ2) is 2.73. The van der Waals surface area contributed by atoms with Gasteiger partial charge in [0.2, 0.25) is 0 Å². The topological polar surface area (TPSA) is 38.7 Å². The zero-order chi connectivity index (χ0) is 8.65. The molecular formula is C8H16O3. The zero-order valence-electron chi connectivity index (χ0n) is 7.50. The molecule has 3 nitrogen and oxygen atoms in total. The lowest BCUT2D eigenvalue weighted by Gasteiger charge is -2.18. The number of hydrogen-bond acceptors (Lipinski definition) is 3. The van der Waals surface area contributed by atoms with Crippen LogP contribution in [0.5, 0.6) is 0 Å². The van der Waals surface area contributed by atoms with E-state index in [9.17, 15) is 5.11 Å². The number of aliphatic hydroxyl groups excluding tert-OH is 1. The summed E-state index contributed by atoms with van der Waals surface area (Å²) in [5.41, 5.74) is 0. The van der Waals surface area contributed by atoms with E-state index >= 15 is 0 Å². The van der Waals surface area contributed by atoms with Gasteiger partial charge in [-0.15, -0.1) is 0 Å². The standard InChI is InChI=1S/C8H16O3/c1-5(9)7-6(2)10-8(3,4)11-7/h5-7,9H,1-4H3. The third kappa shape index (κ3) is 1.92. The maximum absolute atomic E-state index is 9.25. The molecule has 0 aromatic carbocycles. The van der Waals surface area contributed by atoms with Gasteiger partial charge < -0.3 is 14.6 Å². The van der Waals surface area contributed by atoms with Gasteiger partial charge in [-0.3, -0.25) is 0 Å². The van der Waals surface area contributed by atoms with Crippen molar-refractivity contribution in [3.05, 3.63) is 0 Å². The molecule has 0 aliphatic carbocycles. The molecule has 0 spiro atoms. The Balaban J connectivity index is 2.59. The highest BCUT2D eigenvalue weighted by molar-refractivity contribution is 4.81. The summed E-state index contributed by atoms with van der Waals surface area (Å²) in [6, 6.07) is 0. The second-order valence-corrected chi connectivity index (χ2v) is 3.55. The van der Waals surface area contributed by atoms with Crippen LogP contribution in [0.2, 0.25) is 0 Å². The molecule has 1 aliphatic heterocycles. The van der Waals surface area contributed by atoms with Gasteiger partial charge in [0.1, 0.15) is 6.10 Å². The van der Waals surface area contributed by atoms with Gasteiger partial charge >= 0.3 is 0 Å². The predicted octanol–water partition coefficient (Wildman–Crippen LogP) is 0.907. The SMILES string of the molecule is CC(O)C1OC(C)(C)OC1C. The lowest BCUT2D eigenvalue weighted by Crippen LogP contribution is -2.31. The summed E-state index contributed by atoms with van der Waals surface area (Å²) in [6.45, 7) is 7.33. The highest BCUT2D eigenvalue weighted by atomic mass is 16.8. The fourth-order valence-electron chi connectivity index (χ4n) is 1.46. The van der Waals surface area contributed by atoms with Crippen LogP contribution in [0.3, 0.4) is 0 Å². The van der Waals surface area contributed by atoms with Crippen LogP contribution in [0, 0.1) is 0 Å². The van der Waals surface area contributed by atoms with E-state index in [1.165, 1.54) is 0 Å². The van der Waals surface area contributed by atoms with Crippen molar-refractivity contribution in [2.75, 3.05) is 0 Å². The normalized spacial score (nSPS) is 39.0. The average Bonchev–Trinajstić information content (AvgIpc) is 2.05. The van der Waals surface area contributed by atoms with Crippen molar-refractivity contribution < 1.29 is 14.6 Å². The van der Waals surface area contributed by atoms with Crippen molar-refractivity contribution >= 4 is 0 Å². The minimum Gasteiger partial charge on any atom is -0.391 e. The highest BCUT2D eigenvalue weighted by Gasteiger charge is 2.40. The van der Waals surface area contributed by atoms with Gasteiger partial charge in [-0.05, 0) is 27.7 Å². The van der Waals surface area contributed by atoms with Gasteiger partial charge in [0.05, 0.1) is 12.2 Å². The van der Waals surface area contributed by atoms with E-state index in [4.69, 9.17) is 9.47 Å². The summed E-state index contributed by atoms with van der Waals surface area (Å²) in [5.74, 6) is -0.541. The Bertz CT molecular complexity index is 142. The van der Waals surface area contributed by atoms with E-state index in [1.54, 1.807) is 6.92 Å². The molecule has 11 heavy (non-hydrogen) atoms. The van der Waals surface area contributed by atoms with E-state index in [2.05, 4.69) is 0 Å². The maximum atomic E-state index is 9.25. The van der Waals surface area contributed by atoms with Crippen LogP contribution in [0.25, 0.3) is 0 Å². The van der Waals surface area contributed by atoms with E-state index in [-0.39, 0.29) is 12.2 Å². The monoisotopic (exact) mass is 160 g/mol. The van der Waals surface area contributed by atoms with E-state index in [0.717, 1.165) is 0 Å². The first kappa shape index (κ1) is 8.97. The molecular weight excluding hydrogens is 144 g/mol. The molecule has 0 radical (unpaired) electrons. The Morgan fingerprint density at radius 3 is 2.09 bits per heavy atom. The van der Waals surface area contributed by atoms with Gasteiger partial charge in [-0.25, -0.2) is 0 Å². The van der Waals surface area contributed by atoms with Gasteiger partial charge in [-0.1, -0.05) is 0 Å². The van der Waals surface area contributed by atoms with Crippen LogP contribution in [-0.4, -0.2) is 29.2 Å². The first-order chi connectivity index (χ1) is 4.92. The Morgan fingerprint density at radius 1 is 1.36 bits per heavy atom. The van der Waals surface area contributed by atoms with Crippen molar-refractivity contribution in [3.8, 4) is 0 Å². The summed E-state index contributed by atoms with van der Waals surface area (Å²) in [7, 11) is 0. The Kier molecular flexibility index (Phi) is 2.23. The molecule has 0 aromatic heterocycles. The van der Waals surface area contributed by atoms with Crippen LogP contribution in [0.4, 0.5) is 0 Å². The molecule has 0 amide bonds. The van der Waals surface area contributed by atoms with E-state index in [0.29, 0.717) is 0 Å². The third-order valence-electron chi connectivity index (χ3n) is 1.83. The Labute approximate surface area is 67.3 Å². The van der Waals surface area contributed by atoms with E-state index < -0.39 is 11.9 Å². The molecule has 1 N–H and O–H groups in total. The maximum Gasteiger partial charge on any atom is 0.163 e. The molecule has 0 aromatic rings. The fraction of sp³-hybridized carbons (Fsp3) is 1.00. The fourth-order valence-corrected chi connectivity index (χ4v) is 1.46. The Morgan fingerprint density at radius 2 is 1.91 bits per heavy atom. The summed E-state index contributed by atoms with van der Waals surface area (Å²) in [6.07, 6.45) is -0.679. The van der Waals surface area contributed by atoms with Crippen LogP contribution in [0.15, 0.2) is 0 Å². The summed E-state index contributed by atoms with van der Waals surface area (Å²) < 4.78 is 10.9. The summed E-state index contributed by atoms with van der Waals surface area (Å²) >= 11 is 0. The smallest absolute Gasteiger partial charge is 0.163 e. The van der Waals surface area contributed by atoms with Crippen molar-refractivity contribution in [3.63, 3.8) is 0 Å². The van der Waals surface area contributed by atoms with Gasteiger partial charge in [0, 0.05) is 0 Å². The summed E-state index contributed by atoms with van der Waals surface area (Å²) in [5, 5.41) is 9.25. The van der Waals surface area contributed by atoms with Crippen LogP contribution >= 0.6 is 0 Å². The first-order valence-corrected chi connectivity index (χ1v) is 3.96. The number of aliphatic hydroxyl groups is 1. The number of ether oxygens (including phenoxy) is 2. The van der Waals surface area contributed by atoms with Crippen LogP contribution in [-0.2, 0) is 9.47 Å². The van der Waals surface area contributed by atoms with Crippen LogP contribution < -0.4 is 0 Å². The lowest BCUT2D eigenvalue weighted by molar-refractivity contribution is -0.153. The van der Waals surface area contributed by atoms with E-state index in [1.807, 2.05) is 20.8 Å². The van der Waals surface area contributed by atoms with Crippen molar-refractivity contribution in [2.45, 2.75) is 51.8 Å². The number of hydrogen-bond donors (Lipinski definition) is 1. The molecule has 3 atom stereocenters. The molecule has 66 valence electrons. The second-order valence-electron chi connectivity index (χ2n) is 3.55. The van der Waals surface area contributed by atoms with Crippen molar-refractivity contribution in [1.82, 2.24) is 0 Å². The summed E-state index contributed by atoms with van der Waals surface area (Å²) in [4.78, 5) is 0. The molecule has 1 aliphatic rings. The third-order valence-corrected chi connectivity index (χ3v) is 1.83. The van der Waals surface area contributed by atoms with Gasteiger partial charge in [-0.2, -0.15) is 0 Å². The first-order valence-electron chi connectivity index (χ1n) is 3.96. The molecule has 3 heteroatoms. The minimum absolute atomic E-state index is 0.0231. The average molecular weight is 160 g/mol. The molecule has 1 saturated heterocycles. The number of rotatable bonds is 1. The van der Waals surface area contributed by atoms with Crippen LogP contribution in [0.1, 0.15) is 27.7 Å². The van der Waals surface area contributed by atoms with Crippen molar-refractivity contribution in [2.24, 2.45) is 0 Å². The molecule has 1 heterocycles. The predicted molar refractivity (Wildman–Crippen MR) is 41.2 cm³/mol. The van der Waals surface area contributed by atoms with Gasteiger partial charge in [0.25, 0.3) is 0 Å². The molecule has 1 fully saturated rings. The Hall–Kier alpha value is -0.120. The zero-order valence-corrected chi connectivity index (χ0v) is 7.50. The quantitative estimate of drug-likeness (QED) is 0.619. The minimum atomic E-state index is -0.541. The molecule has 0 saturated carbocycles. The molecule has 3 unspecified atom stereocenters. The lowest BCUT2D eigenvalue weighted by atomic mass is 10.1. The largest absolute Gasteiger partial charge is 0.391 e. The highest BCUT2D eigenvalue weighted by Crippen LogP contribution is 2.29. The molecule has 0 bridgehead atoms. The van der Waals surface area contributed by atoms with Crippen molar-refractivity contribution in [1.29, 1.82) is 0 Å².